The number of hydrogen-bond donors (Lipinski definition) is 1. The zero-order valence-corrected chi connectivity index (χ0v) is 13.3. The van der Waals surface area contributed by atoms with Crippen LogP contribution in [0.1, 0.15) is 17.0 Å². The van der Waals surface area contributed by atoms with E-state index in [9.17, 15) is 10.1 Å². The number of benzene rings is 1. The van der Waals surface area contributed by atoms with Crippen molar-refractivity contribution < 1.29 is 19.0 Å². The van der Waals surface area contributed by atoms with E-state index in [4.69, 9.17) is 19.9 Å². The number of allylic oxidation sites excluding steroid dienone is 1. The highest BCUT2D eigenvalue weighted by molar-refractivity contribution is 5.92. The van der Waals surface area contributed by atoms with Crippen molar-refractivity contribution in [2.24, 2.45) is 5.73 Å². The Morgan fingerprint density at radius 3 is 2.74 bits per heavy atom. The molecule has 0 saturated carbocycles. The standard InChI is InChI=1S/C17H18N2O4/c1-10-5-4-6-11(7-10)14-12(8-18)16(19)23-13(9-21-2)15(14)17(20)22-3/h4-7,14H,9,19H2,1-3H3. The molecule has 0 spiro atoms. The van der Waals surface area contributed by atoms with Gasteiger partial charge >= 0.3 is 5.97 Å². The minimum Gasteiger partial charge on any atom is -0.466 e. The van der Waals surface area contributed by atoms with Crippen LogP contribution >= 0.6 is 0 Å². The Balaban J connectivity index is 2.68. The van der Waals surface area contributed by atoms with Gasteiger partial charge in [-0.05, 0) is 12.5 Å². The Morgan fingerprint density at radius 2 is 2.17 bits per heavy atom. The molecule has 1 atom stereocenters. The molecule has 0 bridgehead atoms. The van der Waals surface area contributed by atoms with E-state index in [-0.39, 0.29) is 29.4 Å². The molecule has 1 heterocycles. The largest absolute Gasteiger partial charge is 0.466 e. The molecule has 0 fully saturated rings. The quantitative estimate of drug-likeness (QED) is 0.853. The van der Waals surface area contributed by atoms with E-state index in [0.29, 0.717) is 0 Å². The number of methoxy groups -OCH3 is 2. The molecular formula is C17H18N2O4. The van der Waals surface area contributed by atoms with Crippen LogP contribution in [0.25, 0.3) is 0 Å². The summed E-state index contributed by atoms with van der Waals surface area (Å²) in [5.74, 6) is -1.00. The Hall–Kier alpha value is -2.78. The second-order valence-electron chi connectivity index (χ2n) is 5.10. The number of hydrogen-bond acceptors (Lipinski definition) is 6. The fourth-order valence-corrected chi connectivity index (χ4v) is 2.57. The third-order valence-corrected chi connectivity index (χ3v) is 3.55. The maximum Gasteiger partial charge on any atom is 0.338 e. The molecule has 1 aliphatic heterocycles. The first-order valence-corrected chi connectivity index (χ1v) is 6.97. The minimum absolute atomic E-state index is 0.0290. The van der Waals surface area contributed by atoms with E-state index in [1.807, 2.05) is 37.3 Å². The first-order valence-electron chi connectivity index (χ1n) is 6.97. The van der Waals surface area contributed by atoms with Gasteiger partial charge in [-0.2, -0.15) is 5.26 Å². The maximum absolute atomic E-state index is 12.3. The van der Waals surface area contributed by atoms with Crippen LogP contribution in [0.5, 0.6) is 0 Å². The number of carbonyl (C=O) groups is 1. The van der Waals surface area contributed by atoms with E-state index in [1.54, 1.807) is 0 Å². The topological polar surface area (TPSA) is 94.6 Å². The molecule has 0 radical (unpaired) electrons. The first kappa shape index (κ1) is 16.6. The molecule has 2 rings (SSSR count). The van der Waals surface area contributed by atoms with E-state index in [2.05, 4.69) is 0 Å². The molecule has 23 heavy (non-hydrogen) atoms. The summed E-state index contributed by atoms with van der Waals surface area (Å²) >= 11 is 0. The van der Waals surface area contributed by atoms with Crippen molar-refractivity contribution in [3.63, 3.8) is 0 Å². The molecule has 2 N–H and O–H groups in total. The summed E-state index contributed by atoms with van der Waals surface area (Å²) in [7, 11) is 2.76. The number of ether oxygens (including phenoxy) is 3. The number of aryl methyl sites for hydroxylation is 1. The van der Waals surface area contributed by atoms with Crippen molar-refractivity contribution in [2.75, 3.05) is 20.8 Å². The van der Waals surface area contributed by atoms with E-state index >= 15 is 0 Å². The fourth-order valence-electron chi connectivity index (χ4n) is 2.57. The van der Waals surface area contributed by atoms with Crippen molar-refractivity contribution in [3.8, 4) is 6.07 Å². The van der Waals surface area contributed by atoms with Gasteiger partial charge in [0.15, 0.2) is 0 Å². The van der Waals surface area contributed by atoms with Gasteiger partial charge in [-0.25, -0.2) is 4.79 Å². The molecule has 1 aromatic carbocycles. The van der Waals surface area contributed by atoms with Crippen molar-refractivity contribution in [1.29, 1.82) is 5.26 Å². The average molecular weight is 314 g/mol. The summed E-state index contributed by atoms with van der Waals surface area (Å²) in [5.41, 5.74) is 8.04. The number of rotatable bonds is 4. The second-order valence-corrected chi connectivity index (χ2v) is 5.10. The highest BCUT2D eigenvalue weighted by Crippen LogP contribution is 2.39. The molecule has 0 saturated heterocycles. The van der Waals surface area contributed by atoms with Crippen molar-refractivity contribution >= 4 is 5.97 Å². The lowest BCUT2D eigenvalue weighted by Crippen LogP contribution is -2.27. The lowest BCUT2D eigenvalue weighted by atomic mass is 9.82. The molecule has 0 aliphatic carbocycles. The minimum atomic E-state index is -0.647. The number of nitrogens with two attached hydrogens (primary N) is 1. The third kappa shape index (κ3) is 3.20. The van der Waals surface area contributed by atoms with Crippen LogP contribution in [-0.2, 0) is 19.0 Å². The van der Waals surface area contributed by atoms with Gasteiger partial charge in [0, 0.05) is 7.11 Å². The maximum atomic E-state index is 12.3. The van der Waals surface area contributed by atoms with Crippen LogP contribution < -0.4 is 5.73 Å². The zero-order chi connectivity index (χ0) is 17.0. The summed E-state index contributed by atoms with van der Waals surface area (Å²) < 4.78 is 15.4. The van der Waals surface area contributed by atoms with Gasteiger partial charge < -0.3 is 19.9 Å². The molecule has 1 aromatic rings. The van der Waals surface area contributed by atoms with Gasteiger partial charge in [0.1, 0.15) is 24.0 Å². The van der Waals surface area contributed by atoms with Crippen LogP contribution in [0, 0.1) is 18.3 Å². The predicted octanol–water partition coefficient (Wildman–Crippen LogP) is 1.88. The van der Waals surface area contributed by atoms with Gasteiger partial charge in [-0.15, -0.1) is 0 Å². The predicted molar refractivity (Wildman–Crippen MR) is 82.7 cm³/mol. The zero-order valence-electron chi connectivity index (χ0n) is 13.3. The molecular weight excluding hydrogens is 296 g/mol. The highest BCUT2D eigenvalue weighted by Gasteiger charge is 2.37. The average Bonchev–Trinajstić information content (AvgIpc) is 2.54. The van der Waals surface area contributed by atoms with Crippen molar-refractivity contribution in [1.82, 2.24) is 0 Å². The molecule has 6 nitrogen and oxygen atoms in total. The van der Waals surface area contributed by atoms with E-state index in [0.717, 1.165) is 11.1 Å². The Kier molecular flexibility index (Phi) is 5.04. The Labute approximate surface area is 134 Å². The SMILES string of the molecule is COCC1=C(C(=O)OC)C(c2cccc(C)c2)C(C#N)=C(N)O1. The normalized spacial score (nSPS) is 17.6. The van der Waals surface area contributed by atoms with Crippen molar-refractivity contribution in [2.45, 2.75) is 12.8 Å². The van der Waals surface area contributed by atoms with Crippen LogP contribution in [0.2, 0.25) is 0 Å². The highest BCUT2D eigenvalue weighted by atomic mass is 16.5. The molecule has 1 aliphatic rings. The molecule has 6 heteroatoms. The van der Waals surface area contributed by atoms with Gasteiger partial charge in [-0.3, -0.25) is 0 Å². The second kappa shape index (κ2) is 6.99. The smallest absolute Gasteiger partial charge is 0.338 e. The summed E-state index contributed by atoms with van der Waals surface area (Å²) in [6, 6.07) is 9.56. The fraction of sp³-hybridized carbons (Fsp3) is 0.294. The molecule has 0 aromatic heterocycles. The van der Waals surface area contributed by atoms with E-state index in [1.165, 1.54) is 14.2 Å². The van der Waals surface area contributed by atoms with Gasteiger partial charge in [0.2, 0.25) is 5.88 Å². The summed E-state index contributed by atoms with van der Waals surface area (Å²) in [6.45, 7) is 1.98. The van der Waals surface area contributed by atoms with Crippen LogP contribution in [0.15, 0.2) is 47.1 Å². The number of esters is 1. The van der Waals surface area contributed by atoms with Crippen LogP contribution in [-0.4, -0.2) is 26.8 Å². The first-order chi connectivity index (χ1) is 11.0. The van der Waals surface area contributed by atoms with Gasteiger partial charge in [0.05, 0.1) is 18.6 Å². The molecule has 1 unspecified atom stereocenters. The van der Waals surface area contributed by atoms with Crippen LogP contribution in [0.3, 0.4) is 0 Å². The van der Waals surface area contributed by atoms with Crippen molar-refractivity contribution in [3.05, 3.63) is 58.2 Å². The molecule has 120 valence electrons. The van der Waals surface area contributed by atoms with Gasteiger partial charge in [-0.1, -0.05) is 29.8 Å². The van der Waals surface area contributed by atoms with Crippen LogP contribution in [0.4, 0.5) is 0 Å². The monoisotopic (exact) mass is 314 g/mol. The summed E-state index contributed by atoms with van der Waals surface area (Å²) in [4.78, 5) is 12.3. The number of nitriles is 1. The third-order valence-electron chi connectivity index (χ3n) is 3.55. The summed E-state index contributed by atoms with van der Waals surface area (Å²) in [5, 5.41) is 9.48. The lowest BCUT2D eigenvalue weighted by molar-refractivity contribution is -0.136. The van der Waals surface area contributed by atoms with Gasteiger partial charge in [0.25, 0.3) is 0 Å². The Bertz CT molecular complexity index is 728. The number of carbonyl (C=O) groups excluding carboxylic acids is 1. The van der Waals surface area contributed by atoms with E-state index < -0.39 is 11.9 Å². The molecule has 0 amide bonds. The Morgan fingerprint density at radius 1 is 1.43 bits per heavy atom. The number of nitrogens with zero attached hydrogens (tertiary/aromatic N) is 1. The summed E-state index contributed by atoms with van der Waals surface area (Å²) in [6.07, 6.45) is 0. The lowest BCUT2D eigenvalue weighted by Gasteiger charge is -2.27.